The Balaban J connectivity index is -0.00000000167. The van der Waals surface area contributed by atoms with Crippen LogP contribution >= 0.6 is 0 Å². The molecule has 0 heterocycles. The van der Waals surface area contributed by atoms with Crippen LogP contribution in [0.3, 0.4) is 0 Å². The summed E-state index contributed by atoms with van der Waals surface area (Å²) in [6, 6.07) is 0. The van der Waals surface area contributed by atoms with Crippen LogP contribution in [0.15, 0.2) is 0 Å². The van der Waals surface area contributed by atoms with Crippen molar-refractivity contribution in [2.24, 2.45) is 0 Å². The van der Waals surface area contributed by atoms with E-state index in [2.05, 4.69) is 31.3 Å². The molecule has 0 fully saturated rings. The van der Waals surface area contributed by atoms with Gasteiger partial charge in [0.25, 0.3) is 0 Å². The van der Waals surface area contributed by atoms with Crippen molar-refractivity contribution in [2.45, 2.75) is 0 Å². The predicted octanol–water partition coefficient (Wildman–Crippen LogP) is -3.13. The van der Waals surface area contributed by atoms with E-state index in [0.29, 0.717) is 0 Å². The van der Waals surface area contributed by atoms with Crippen LogP contribution in [-0.4, -0.2) is 0 Å². The molecule has 0 aliphatic heterocycles. The first-order valence-corrected chi connectivity index (χ1v) is 1.12. The van der Waals surface area contributed by atoms with Gasteiger partial charge in [0.1, 0.15) is 0 Å². The fraction of sp³-hybridized carbons (Fsp3) is 0. The number of hydrogen-bond acceptors (Lipinski definition) is 2. The Morgan fingerprint density at radius 3 is 1.00 bits per heavy atom. The van der Waals surface area contributed by atoms with Gasteiger partial charge in [0, 0.05) is 33.6 Å². The minimum atomic E-state index is 0. The molecule has 49 valence electrons. The van der Waals surface area contributed by atoms with Crippen molar-refractivity contribution in [2.75, 3.05) is 0 Å². The second-order valence-electron chi connectivity index (χ2n) is 0. The summed E-state index contributed by atoms with van der Waals surface area (Å²) in [5.41, 5.74) is 0. The summed E-state index contributed by atoms with van der Waals surface area (Å²) in [4.78, 5) is 0. The Bertz CT molecular complexity index is 22.0. The van der Waals surface area contributed by atoms with Gasteiger partial charge in [-0.3, -0.25) is 0 Å². The second-order valence-corrected chi connectivity index (χ2v) is 0. The first-order valence-electron chi connectivity index (χ1n) is 0.272. The molecule has 0 N–H and O–H groups in total. The van der Waals surface area contributed by atoms with Gasteiger partial charge >= 0.3 is 57.9 Å². The van der Waals surface area contributed by atoms with Crippen molar-refractivity contribution in [1.82, 2.24) is 0 Å². The van der Waals surface area contributed by atoms with Crippen molar-refractivity contribution in [1.29, 1.82) is 0 Å². The summed E-state index contributed by atoms with van der Waals surface area (Å²) in [5.74, 6) is 0. The molecule has 0 rings (SSSR count). The van der Waals surface area contributed by atoms with E-state index in [1.54, 1.807) is 0 Å². The molecule has 0 spiro atoms. The van der Waals surface area contributed by atoms with E-state index < -0.39 is 0 Å². The number of rotatable bonds is 0. The average molecular weight is 271 g/mol. The molecule has 2 nitrogen and oxygen atoms in total. The van der Waals surface area contributed by atoms with E-state index >= 15 is 0 Å². The van der Waals surface area contributed by atoms with E-state index in [0.717, 1.165) is 0 Å². The zero-order valence-corrected chi connectivity index (χ0v) is 7.43. The maximum atomic E-state index is 7.94. The van der Waals surface area contributed by atoms with Crippen LogP contribution in [0.2, 0.25) is 0 Å². The molecule has 0 aliphatic carbocycles. The molecule has 1 radical (unpaired) electrons. The maximum absolute atomic E-state index is 7.94. The summed E-state index contributed by atoms with van der Waals surface area (Å²) in [6.07, 6.45) is 0. The Labute approximate surface area is 92.0 Å². The fourth-order valence-corrected chi connectivity index (χ4v) is 0. The van der Waals surface area contributed by atoms with E-state index in [1.165, 1.54) is 0 Å². The van der Waals surface area contributed by atoms with E-state index in [-0.39, 0.29) is 53.8 Å². The summed E-state index contributed by atoms with van der Waals surface area (Å²) < 4.78 is 15.9. The van der Waals surface area contributed by atoms with Gasteiger partial charge in [-0.25, -0.2) is 0 Å². The zero-order chi connectivity index (χ0) is 4.00. The first-order chi connectivity index (χ1) is 2.00. The molecular formula is HCo2LiMnNiO2. The van der Waals surface area contributed by atoms with Gasteiger partial charge in [0.05, 0.1) is 0 Å². The normalized spacial score (nSPS) is 1.43. The van der Waals surface area contributed by atoms with E-state index in [1.807, 2.05) is 0 Å². The van der Waals surface area contributed by atoms with Crippen molar-refractivity contribution in [3.8, 4) is 0 Å². The average Bonchev–Trinajstić information content (AvgIpc) is 1.50. The van der Waals surface area contributed by atoms with Crippen LogP contribution in [0.25, 0.3) is 0 Å². The van der Waals surface area contributed by atoms with Crippen molar-refractivity contribution in [3.05, 3.63) is 0 Å². The third kappa shape index (κ3) is 64.4. The van der Waals surface area contributed by atoms with Crippen molar-refractivity contribution in [3.63, 3.8) is 0 Å². The fourth-order valence-electron chi connectivity index (χ4n) is 0. The second kappa shape index (κ2) is 86.8. The van der Waals surface area contributed by atoms with Crippen molar-refractivity contribution >= 4 is 0 Å². The molecule has 0 atom stereocenters. The predicted molar refractivity (Wildman–Crippen MR) is 2.49 cm³/mol. The standard InChI is InChI=1S/2Co.Li.Mn.Ni.2O.H/q;;+1;;;;;-1. The SMILES string of the molecule is [H-].[Li+].[Mn].[Ni].[O]=[Co].[O]=[Co]. The Hall–Kier alpha value is 2.22. The van der Waals surface area contributed by atoms with E-state index in [4.69, 9.17) is 7.73 Å². The molecule has 0 saturated carbocycles. The monoisotopic (exact) mass is 271 g/mol. The molecule has 0 aromatic rings. The van der Waals surface area contributed by atoms with Crippen LogP contribution in [0, 0.1) is 0 Å². The van der Waals surface area contributed by atoms with Crippen molar-refractivity contribution < 1.29 is 92.9 Å². The molecule has 0 bridgehead atoms. The van der Waals surface area contributed by atoms with Crippen LogP contribution < -0.4 is 18.9 Å². The quantitative estimate of drug-likeness (QED) is 0.437. The molecular weight excluding hydrogens is 270 g/mol. The summed E-state index contributed by atoms with van der Waals surface area (Å²) >= 11 is 4.62. The molecule has 7 heavy (non-hydrogen) atoms. The van der Waals surface area contributed by atoms with Crippen LogP contribution in [0.4, 0.5) is 0 Å². The Kier molecular flexibility index (Phi) is 434. The summed E-state index contributed by atoms with van der Waals surface area (Å²) in [6.45, 7) is 0. The topological polar surface area (TPSA) is 34.1 Å². The molecule has 0 saturated heterocycles. The third-order valence-electron chi connectivity index (χ3n) is 0. The van der Waals surface area contributed by atoms with Gasteiger partial charge in [-0.05, 0) is 0 Å². The van der Waals surface area contributed by atoms with Gasteiger partial charge in [-0.1, -0.05) is 0 Å². The van der Waals surface area contributed by atoms with Crippen LogP contribution in [0.5, 0.6) is 0 Å². The third-order valence-corrected chi connectivity index (χ3v) is 0. The van der Waals surface area contributed by atoms with Crippen LogP contribution in [0.1, 0.15) is 1.43 Å². The van der Waals surface area contributed by atoms with Gasteiger partial charge in [0.2, 0.25) is 0 Å². The minimum absolute atomic E-state index is 0. The summed E-state index contributed by atoms with van der Waals surface area (Å²) in [5, 5.41) is 0. The van der Waals surface area contributed by atoms with Gasteiger partial charge in [-0.15, -0.1) is 0 Å². The van der Waals surface area contributed by atoms with Gasteiger partial charge < -0.3 is 1.43 Å². The molecule has 0 unspecified atom stereocenters. The van der Waals surface area contributed by atoms with Gasteiger partial charge in [0.15, 0.2) is 0 Å². The summed E-state index contributed by atoms with van der Waals surface area (Å²) in [7, 11) is 0. The van der Waals surface area contributed by atoms with Crippen LogP contribution in [-0.2, 0) is 72.6 Å². The Morgan fingerprint density at radius 2 is 1.00 bits per heavy atom. The number of hydrogen-bond donors (Lipinski definition) is 0. The van der Waals surface area contributed by atoms with E-state index in [9.17, 15) is 0 Å². The molecule has 0 amide bonds. The Morgan fingerprint density at radius 1 is 1.00 bits per heavy atom. The molecule has 0 aromatic carbocycles. The molecule has 0 aromatic heterocycles. The zero-order valence-electron chi connectivity index (χ0n) is 4.18. The molecule has 0 aliphatic rings. The molecule has 7 heteroatoms. The first kappa shape index (κ1) is 35.0. The van der Waals surface area contributed by atoms with Gasteiger partial charge in [-0.2, -0.15) is 0 Å².